The molecule has 1 aliphatic rings. The summed E-state index contributed by atoms with van der Waals surface area (Å²) in [6, 6.07) is 3.44. The van der Waals surface area contributed by atoms with E-state index in [1.165, 1.54) is 0 Å². The zero-order valence-corrected chi connectivity index (χ0v) is 13.9. The molecule has 0 heterocycles. The number of Topliss-reactive ketones (excluding diaryl/α,β-unsaturated/α-hetero) is 1. The van der Waals surface area contributed by atoms with Crippen molar-refractivity contribution >= 4 is 29.0 Å². The van der Waals surface area contributed by atoms with Crippen LogP contribution in [0.3, 0.4) is 0 Å². The molecule has 0 atom stereocenters. The van der Waals surface area contributed by atoms with Crippen molar-refractivity contribution in [2.24, 2.45) is 0 Å². The van der Waals surface area contributed by atoms with Crippen LogP contribution < -0.4 is 0 Å². The molecule has 0 saturated heterocycles. The van der Waals surface area contributed by atoms with E-state index in [1.54, 1.807) is 12.1 Å². The number of phenols is 1. The highest BCUT2D eigenvalue weighted by atomic mass is 35.5. The second-order valence-electron chi connectivity index (χ2n) is 5.54. The Morgan fingerprint density at radius 1 is 1.14 bits per heavy atom. The average Bonchev–Trinajstić information content (AvgIpc) is 2.65. The Kier molecular flexibility index (Phi) is 4.80. The number of carbonyl (C=O) groups is 1. The SMILES string of the molecule is CC1=C(Cl)C(Cl)=C(C(=O)CCc2c(C)cc(O)cc2C)C1. The smallest absolute Gasteiger partial charge is 0.161 e. The van der Waals surface area contributed by atoms with E-state index in [9.17, 15) is 9.90 Å². The van der Waals surface area contributed by atoms with Crippen LogP contribution in [0.25, 0.3) is 0 Å². The zero-order valence-electron chi connectivity index (χ0n) is 12.4. The van der Waals surface area contributed by atoms with E-state index < -0.39 is 0 Å². The van der Waals surface area contributed by atoms with E-state index in [2.05, 4.69) is 0 Å². The van der Waals surface area contributed by atoms with Crippen molar-refractivity contribution in [2.75, 3.05) is 0 Å². The molecule has 1 aliphatic carbocycles. The molecule has 1 aromatic carbocycles. The molecule has 0 fully saturated rings. The summed E-state index contributed by atoms with van der Waals surface area (Å²) in [5, 5.41) is 10.5. The highest BCUT2D eigenvalue weighted by Crippen LogP contribution is 2.38. The Labute approximate surface area is 135 Å². The molecule has 0 spiro atoms. The quantitative estimate of drug-likeness (QED) is 0.853. The van der Waals surface area contributed by atoms with Crippen LogP contribution in [-0.4, -0.2) is 10.9 Å². The number of hydrogen-bond acceptors (Lipinski definition) is 2. The van der Waals surface area contributed by atoms with E-state index in [4.69, 9.17) is 23.2 Å². The molecule has 0 aromatic heterocycles. The average molecular weight is 325 g/mol. The molecule has 4 heteroatoms. The van der Waals surface area contributed by atoms with Crippen LogP contribution in [0.5, 0.6) is 5.75 Å². The summed E-state index contributed by atoms with van der Waals surface area (Å²) in [7, 11) is 0. The van der Waals surface area contributed by atoms with Gasteiger partial charge in [-0.2, -0.15) is 0 Å². The van der Waals surface area contributed by atoms with Gasteiger partial charge in [0.05, 0.1) is 10.1 Å². The summed E-state index contributed by atoms with van der Waals surface area (Å²) in [6.45, 7) is 5.77. The molecule has 0 saturated carbocycles. The Balaban J connectivity index is 2.10. The molecular weight excluding hydrogens is 307 g/mol. The summed E-state index contributed by atoms with van der Waals surface area (Å²) in [5.74, 6) is 0.301. The first kappa shape index (κ1) is 16.1. The first-order chi connectivity index (χ1) is 9.81. The van der Waals surface area contributed by atoms with Crippen LogP contribution in [0.2, 0.25) is 0 Å². The lowest BCUT2D eigenvalue weighted by Crippen LogP contribution is -2.06. The normalized spacial score (nSPS) is 15.1. The lowest BCUT2D eigenvalue weighted by atomic mass is 9.95. The van der Waals surface area contributed by atoms with Gasteiger partial charge >= 0.3 is 0 Å². The zero-order chi connectivity index (χ0) is 15.7. The lowest BCUT2D eigenvalue weighted by Gasteiger charge is -2.11. The summed E-state index contributed by atoms with van der Waals surface area (Å²) in [5.41, 5.74) is 4.67. The lowest BCUT2D eigenvalue weighted by molar-refractivity contribution is -0.115. The van der Waals surface area contributed by atoms with Gasteiger partial charge in [-0.15, -0.1) is 0 Å². The van der Waals surface area contributed by atoms with Gasteiger partial charge in [0, 0.05) is 12.0 Å². The van der Waals surface area contributed by atoms with Crippen LogP contribution in [0.1, 0.15) is 36.5 Å². The molecule has 2 rings (SSSR count). The topological polar surface area (TPSA) is 37.3 Å². The first-order valence-electron chi connectivity index (χ1n) is 6.87. The molecule has 2 nitrogen and oxygen atoms in total. The number of allylic oxidation sites excluding steroid dienone is 4. The van der Waals surface area contributed by atoms with E-state index in [1.807, 2.05) is 20.8 Å². The van der Waals surface area contributed by atoms with E-state index in [0.29, 0.717) is 34.9 Å². The van der Waals surface area contributed by atoms with Gasteiger partial charge < -0.3 is 5.11 Å². The largest absolute Gasteiger partial charge is 0.508 e. The summed E-state index contributed by atoms with van der Waals surface area (Å²) in [6.07, 6.45) is 1.58. The number of aryl methyl sites for hydroxylation is 2. The fourth-order valence-corrected chi connectivity index (χ4v) is 3.23. The molecular formula is C17H18Cl2O2. The van der Waals surface area contributed by atoms with Crippen molar-refractivity contribution in [1.29, 1.82) is 0 Å². The third-order valence-corrected chi connectivity index (χ3v) is 4.92. The number of halogens is 2. The standard InChI is InChI=1S/C17H18Cl2O2/c1-9-6-12(20)7-10(2)13(9)4-5-15(21)14-8-11(3)16(18)17(14)19/h6-7,20H,4-5,8H2,1-3H3. The van der Waals surface area contributed by atoms with E-state index in [-0.39, 0.29) is 11.5 Å². The maximum Gasteiger partial charge on any atom is 0.161 e. The van der Waals surface area contributed by atoms with Gasteiger partial charge in [0.15, 0.2) is 5.78 Å². The molecule has 1 aromatic rings. The first-order valence-corrected chi connectivity index (χ1v) is 7.63. The van der Waals surface area contributed by atoms with Crippen molar-refractivity contribution in [2.45, 2.75) is 40.0 Å². The second kappa shape index (κ2) is 6.25. The van der Waals surface area contributed by atoms with Gasteiger partial charge in [-0.25, -0.2) is 0 Å². The van der Waals surface area contributed by atoms with Gasteiger partial charge in [-0.1, -0.05) is 23.2 Å². The van der Waals surface area contributed by atoms with Gasteiger partial charge in [0.25, 0.3) is 0 Å². The Morgan fingerprint density at radius 3 is 2.19 bits per heavy atom. The monoisotopic (exact) mass is 324 g/mol. The second-order valence-corrected chi connectivity index (χ2v) is 6.30. The summed E-state index contributed by atoms with van der Waals surface area (Å²) in [4.78, 5) is 12.3. The number of aromatic hydroxyl groups is 1. The van der Waals surface area contributed by atoms with Gasteiger partial charge in [0.2, 0.25) is 0 Å². The summed E-state index contributed by atoms with van der Waals surface area (Å²) >= 11 is 12.2. The molecule has 1 N–H and O–H groups in total. The number of ketones is 1. The van der Waals surface area contributed by atoms with Crippen molar-refractivity contribution in [3.05, 3.63) is 50.0 Å². The van der Waals surface area contributed by atoms with E-state index >= 15 is 0 Å². The predicted octanol–water partition coefficient (Wildman–Crippen LogP) is 4.92. The van der Waals surface area contributed by atoms with Crippen molar-refractivity contribution in [1.82, 2.24) is 0 Å². The third kappa shape index (κ3) is 3.33. The number of hydrogen-bond donors (Lipinski definition) is 1. The molecule has 0 aliphatic heterocycles. The van der Waals surface area contributed by atoms with Crippen molar-refractivity contribution in [3.8, 4) is 5.75 Å². The van der Waals surface area contributed by atoms with Crippen LogP contribution in [-0.2, 0) is 11.2 Å². The van der Waals surface area contributed by atoms with Crippen LogP contribution >= 0.6 is 23.2 Å². The highest BCUT2D eigenvalue weighted by molar-refractivity contribution is 6.46. The molecule has 21 heavy (non-hydrogen) atoms. The van der Waals surface area contributed by atoms with Crippen molar-refractivity contribution in [3.63, 3.8) is 0 Å². The molecule has 112 valence electrons. The molecule has 0 unspecified atom stereocenters. The predicted molar refractivity (Wildman–Crippen MR) is 87.0 cm³/mol. The Hall–Kier alpha value is -1.25. The van der Waals surface area contributed by atoms with Crippen LogP contribution in [0.15, 0.2) is 33.3 Å². The highest BCUT2D eigenvalue weighted by Gasteiger charge is 2.24. The van der Waals surface area contributed by atoms with Gasteiger partial charge in [-0.3, -0.25) is 4.79 Å². The minimum Gasteiger partial charge on any atom is -0.508 e. The molecule has 0 bridgehead atoms. The van der Waals surface area contributed by atoms with Crippen molar-refractivity contribution < 1.29 is 9.90 Å². The minimum atomic E-state index is 0.0434. The third-order valence-electron chi connectivity index (χ3n) is 3.89. The fraction of sp³-hybridized carbons (Fsp3) is 0.353. The van der Waals surface area contributed by atoms with Crippen LogP contribution in [0, 0.1) is 13.8 Å². The molecule has 0 amide bonds. The number of carbonyl (C=O) groups excluding carboxylic acids is 1. The number of benzene rings is 1. The minimum absolute atomic E-state index is 0.0434. The maximum absolute atomic E-state index is 12.3. The Bertz CT molecular complexity index is 646. The maximum atomic E-state index is 12.3. The number of rotatable bonds is 4. The van der Waals surface area contributed by atoms with Gasteiger partial charge in [-0.05, 0) is 68.0 Å². The Morgan fingerprint density at radius 2 is 1.71 bits per heavy atom. The number of phenolic OH excluding ortho intramolecular Hbond substituents is 1. The van der Waals surface area contributed by atoms with E-state index in [0.717, 1.165) is 22.3 Å². The van der Waals surface area contributed by atoms with Gasteiger partial charge in [0.1, 0.15) is 5.75 Å². The summed E-state index contributed by atoms with van der Waals surface area (Å²) < 4.78 is 0. The fourth-order valence-electron chi connectivity index (χ4n) is 2.72. The molecule has 0 radical (unpaired) electrons. The van der Waals surface area contributed by atoms with Crippen LogP contribution in [0.4, 0.5) is 0 Å².